The maximum Gasteiger partial charge on any atom is 0.234 e. The predicted molar refractivity (Wildman–Crippen MR) is 64.2 cm³/mol. The van der Waals surface area contributed by atoms with Gasteiger partial charge in [-0.3, -0.25) is 9.69 Å². The van der Waals surface area contributed by atoms with Crippen molar-refractivity contribution in [2.45, 2.75) is 45.1 Å². The van der Waals surface area contributed by atoms with E-state index < -0.39 is 0 Å². The van der Waals surface area contributed by atoms with Crippen LogP contribution in [0.25, 0.3) is 0 Å². The lowest BCUT2D eigenvalue weighted by atomic mass is 9.95. The van der Waals surface area contributed by atoms with Crippen LogP contribution >= 0.6 is 0 Å². The third kappa shape index (κ3) is 4.94. The monoisotopic (exact) mass is 228 g/mol. The largest absolute Gasteiger partial charge is 0.395 e. The Morgan fingerprint density at radius 1 is 1.38 bits per heavy atom. The summed E-state index contributed by atoms with van der Waals surface area (Å²) in [6.45, 7) is 3.91. The van der Waals surface area contributed by atoms with Crippen molar-refractivity contribution < 1.29 is 9.90 Å². The summed E-state index contributed by atoms with van der Waals surface area (Å²) in [5, 5.41) is 11.9. The van der Waals surface area contributed by atoms with Crippen LogP contribution in [0.15, 0.2) is 0 Å². The summed E-state index contributed by atoms with van der Waals surface area (Å²) >= 11 is 0. The molecule has 2 N–H and O–H groups in total. The summed E-state index contributed by atoms with van der Waals surface area (Å²) in [7, 11) is 0. The molecule has 0 aromatic carbocycles. The first-order valence-corrected chi connectivity index (χ1v) is 6.38. The van der Waals surface area contributed by atoms with Gasteiger partial charge in [-0.25, -0.2) is 0 Å². The predicted octanol–water partition coefficient (Wildman–Crippen LogP) is 0.749. The minimum absolute atomic E-state index is 0.0993. The Hall–Kier alpha value is -0.610. The lowest BCUT2D eigenvalue weighted by molar-refractivity contribution is -0.123. The van der Waals surface area contributed by atoms with E-state index in [2.05, 4.69) is 5.32 Å². The van der Waals surface area contributed by atoms with Crippen molar-refractivity contribution in [1.82, 2.24) is 10.2 Å². The Bertz CT molecular complexity index is 194. The second kappa shape index (κ2) is 7.63. The van der Waals surface area contributed by atoms with Gasteiger partial charge in [0.2, 0.25) is 5.91 Å². The highest BCUT2D eigenvalue weighted by atomic mass is 16.3. The number of amides is 1. The zero-order chi connectivity index (χ0) is 11.8. The zero-order valence-corrected chi connectivity index (χ0v) is 10.2. The van der Waals surface area contributed by atoms with Crippen molar-refractivity contribution in [3.63, 3.8) is 0 Å². The van der Waals surface area contributed by atoms with Gasteiger partial charge in [-0.15, -0.1) is 0 Å². The Labute approximate surface area is 98.0 Å². The molecular weight excluding hydrogens is 204 g/mol. The number of nitrogens with one attached hydrogen (secondary N) is 1. The molecule has 1 fully saturated rings. The van der Waals surface area contributed by atoms with Crippen LogP contribution in [0.1, 0.15) is 39.0 Å². The molecule has 0 radical (unpaired) electrons. The van der Waals surface area contributed by atoms with Gasteiger partial charge >= 0.3 is 0 Å². The first-order valence-electron chi connectivity index (χ1n) is 6.38. The fourth-order valence-electron chi connectivity index (χ4n) is 2.21. The van der Waals surface area contributed by atoms with Crippen LogP contribution < -0.4 is 5.32 Å². The van der Waals surface area contributed by atoms with E-state index in [0.29, 0.717) is 19.1 Å². The van der Waals surface area contributed by atoms with E-state index in [4.69, 9.17) is 5.11 Å². The molecule has 1 saturated carbocycles. The number of nitrogens with zero attached hydrogens (tertiary/aromatic N) is 1. The highest BCUT2D eigenvalue weighted by Crippen LogP contribution is 2.17. The maximum absolute atomic E-state index is 11.7. The number of hydrogen-bond acceptors (Lipinski definition) is 3. The molecule has 0 atom stereocenters. The van der Waals surface area contributed by atoms with Crippen molar-refractivity contribution in [1.29, 1.82) is 0 Å². The average Bonchev–Trinajstić information content (AvgIpc) is 2.29. The molecule has 0 aliphatic heterocycles. The van der Waals surface area contributed by atoms with Crippen LogP contribution in [-0.4, -0.2) is 48.2 Å². The van der Waals surface area contributed by atoms with Crippen LogP contribution in [0.3, 0.4) is 0 Å². The average molecular weight is 228 g/mol. The molecule has 0 unspecified atom stereocenters. The molecule has 94 valence electrons. The second-order valence-electron chi connectivity index (χ2n) is 4.49. The topological polar surface area (TPSA) is 52.6 Å². The van der Waals surface area contributed by atoms with Crippen LogP contribution in [0.2, 0.25) is 0 Å². The normalized spacial score (nSPS) is 17.7. The Morgan fingerprint density at radius 3 is 2.62 bits per heavy atom. The van der Waals surface area contributed by atoms with Crippen LogP contribution in [0.4, 0.5) is 0 Å². The summed E-state index contributed by atoms with van der Waals surface area (Å²) in [5.74, 6) is 0.0993. The van der Waals surface area contributed by atoms with Gasteiger partial charge < -0.3 is 10.4 Å². The molecule has 0 saturated heterocycles. The number of hydrogen-bond donors (Lipinski definition) is 2. The molecule has 1 aliphatic carbocycles. The third-order valence-electron chi connectivity index (χ3n) is 3.20. The van der Waals surface area contributed by atoms with Crippen molar-refractivity contribution >= 4 is 5.91 Å². The molecule has 4 nitrogen and oxygen atoms in total. The maximum atomic E-state index is 11.7. The van der Waals surface area contributed by atoms with Crippen LogP contribution in [0, 0.1) is 0 Å². The molecule has 0 heterocycles. The molecule has 16 heavy (non-hydrogen) atoms. The van der Waals surface area contributed by atoms with E-state index in [1.165, 1.54) is 19.3 Å². The van der Waals surface area contributed by atoms with Gasteiger partial charge in [0.1, 0.15) is 0 Å². The molecule has 0 aromatic heterocycles. The number of aliphatic hydroxyl groups is 1. The zero-order valence-electron chi connectivity index (χ0n) is 10.2. The van der Waals surface area contributed by atoms with Gasteiger partial charge in [0.25, 0.3) is 0 Å². The standard InChI is InChI=1S/C12H24N2O2/c1-2-14(8-9-15)10-12(16)13-11-6-4-3-5-7-11/h11,15H,2-10H2,1H3,(H,13,16). The van der Waals surface area contributed by atoms with E-state index in [0.717, 1.165) is 19.4 Å². The Kier molecular flexibility index (Phi) is 6.42. The Balaban J connectivity index is 2.22. The van der Waals surface area contributed by atoms with E-state index in [1.807, 2.05) is 11.8 Å². The fourth-order valence-corrected chi connectivity index (χ4v) is 2.21. The number of carbonyl (C=O) groups is 1. The summed E-state index contributed by atoms with van der Waals surface area (Å²) in [6, 6.07) is 0.383. The van der Waals surface area contributed by atoms with E-state index in [1.54, 1.807) is 0 Å². The smallest absolute Gasteiger partial charge is 0.234 e. The van der Waals surface area contributed by atoms with Gasteiger partial charge in [-0.1, -0.05) is 26.2 Å². The fraction of sp³-hybridized carbons (Fsp3) is 0.917. The molecular formula is C12H24N2O2. The highest BCUT2D eigenvalue weighted by molar-refractivity contribution is 5.78. The highest BCUT2D eigenvalue weighted by Gasteiger charge is 2.16. The molecule has 0 spiro atoms. The minimum Gasteiger partial charge on any atom is -0.395 e. The lowest BCUT2D eigenvalue weighted by Gasteiger charge is -2.25. The van der Waals surface area contributed by atoms with Crippen molar-refractivity contribution in [2.24, 2.45) is 0 Å². The second-order valence-corrected chi connectivity index (χ2v) is 4.49. The molecule has 4 heteroatoms. The van der Waals surface area contributed by atoms with E-state index >= 15 is 0 Å². The number of likely N-dealkylation sites (N-methyl/N-ethyl adjacent to an activating group) is 1. The first-order chi connectivity index (χ1) is 7.76. The third-order valence-corrected chi connectivity index (χ3v) is 3.20. The first kappa shape index (κ1) is 13.5. The van der Waals surface area contributed by atoms with Gasteiger partial charge in [-0.05, 0) is 19.4 Å². The molecule has 0 bridgehead atoms. The number of aliphatic hydroxyl groups excluding tert-OH is 1. The van der Waals surface area contributed by atoms with E-state index in [9.17, 15) is 4.79 Å². The van der Waals surface area contributed by atoms with Gasteiger partial charge in [0, 0.05) is 12.6 Å². The molecule has 0 aromatic rings. The SMILES string of the molecule is CCN(CCO)CC(=O)NC1CCCCC1. The van der Waals surface area contributed by atoms with Crippen LogP contribution in [0.5, 0.6) is 0 Å². The minimum atomic E-state index is 0.0993. The van der Waals surface area contributed by atoms with Gasteiger partial charge in [0.15, 0.2) is 0 Å². The molecule has 1 aliphatic rings. The molecule has 1 rings (SSSR count). The van der Waals surface area contributed by atoms with Crippen molar-refractivity contribution in [3.05, 3.63) is 0 Å². The molecule has 1 amide bonds. The Morgan fingerprint density at radius 2 is 2.06 bits per heavy atom. The van der Waals surface area contributed by atoms with Crippen LogP contribution in [-0.2, 0) is 4.79 Å². The lowest BCUT2D eigenvalue weighted by Crippen LogP contribution is -2.43. The summed E-state index contributed by atoms with van der Waals surface area (Å²) in [4.78, 5) is 13.7. The van der Waals surface area contributed by atoms with Gasteiger partial charge in [-0.2, -0.15) is 0 Å². The van der Waals surface area contributed by atoms with Gasteiger partial charge in [0.05, 0.1) is 13.2 Å². The van der Waals surface area contributed by atoms with Crippen molar-refractivity contribution in [2.75, 3.05) is 26.2 Å². The number of rotatable bonds is 6. The summed E-state index contributed by atoms with van der Waals surface area (Å²) < 4.78 is 0. The quantitative estimate of drug-likeness (QED) is 0.705. The summed E-state index contributed by atoms with van der Waals surface area (Å²) in [5.41, 5.74) is 0. The van der Waals surface area contributed by atoms with E-state index in [-0.39, 0.29) is 12.5 Å². The van der Waals surface area contributed by atoms with Crippen molar-refractivity contribution in [3.8, 4) is 0 Å². The summed E-state index contributed by atoms with van der Waals surface area (Å²) in [6.07, 6.45) is 6.02. The number of carbonyl (C=O) groups excluding carboxylic acids is 1.